The third kappa shape index (κ3) is 5.22. The van der Waals surface area contributed by atoms with Crippen LogP contribution in [0.2, 0.25) is 0 Å². The molecular weight excluding hydrogens is 252 g/mol. The summed E-state index contributed by atoms with van der Waals surface area (Å²) in [6.45, 7) is 7.36. The molecule has 6 nitrogen and oxygen atoms in total. The van der Waals surface area contributed by atoms with E-state index >= 15 is 0 Å². The maximum atomic E-state index is 11.6. The van der Waals surface area contributed by atoms with Gasteiger partial charge in [-0.15, -0.1) is 0 Å². The first-order valence-corrected chi connectivity index (χ1v) is 6.56. The van der Waals surface area contributed by atoms with Crippen molar-refractivity contribution in [3.63, 3.8) is 0 Å². The normalized spacial score (nSPS) is 11.1. The molecule has 1 heterocycles. The van der Waals surface area contributed by atoms with E-state index in [0.717, 1.165) is 5.75 Å². The van der Waals surface area contributed by atoms with Gasteiger partial charge in [-0.2, -0.15) is 0 Å². The van der Waals surface area contributed by atoms with Gasteiger partial charge in [-0.1, -0.05) is 18.7 Å². The Kier molecular flexibility index (Phi) is 4.77. The molecule has 0 aliphatic heterocycles. The predicted octanol–water partition coefficient (Wildman–Crippen LogP) is 2.52. The van der Waals surface area contributed by atoms with Crippen LogP contribution in [-0.4, -0.2) is 27.4 Å². The lowest BCUT2D eigenvalue weighted by Crippen LogP contribution is -2.27. The summed E-state index contributed by atoms with van der Waals surface area (Å²) in [4.78, 5) is 19.8. The summed E-state index contributed by atoms with van der Waals surface area (Å²) in [7, 11) is 0. The molecule has 0 saturated heterocycles. The van der Waals surface area contributed by atoms with E-state index in [1.165, 1.54) is 17.8 Å². The highest BCUT2D eigenvalue weighted by Crippen LogP contribution is 2.18. The van der Waals surface area contributed by atoms with Crippen LogP contribution in [0.4, 0.5) is 16.4 Å². The molecule has 1 rings (SSSR count). The Morgan fingerprint density at radius 2 is 2.17 bits per heavy atom. The fourth-order valence-electron chi connectivity index (χ4n) is 1.11. The lowest BCUT2D eigenvalue weighted by atomic mass is 10.2. The molecule has 0 aliphatic rings. The van der Waals surface area contributed by atoms with E-state index in [1.807, 2.05) is 6.92 Å². The average Bonchev–Trinajstić information content (AvgIpc) is 2.12. The van der Waals surface area contributed by atoms with Crippen molar-refractivity contribution in [2.45, 2.75) is 38.5 Å². The standard InChI is InChI=1S/C11H18N4O2S/c1-5-18-9-13-7(12)6-8(14-9)15-10(16)17-11(2,3)4/h6H,5H2,1-4H3,(H3,12,13,14,15,16). The number of nitrogens with two attached hydrogens (primary N) is 1. The number of hydrogen-bond acceptors (Lipinski definition) is 6. The first kappa shape index (κ1) is 14.6. The van der Waals surface area contributed by atoms with Crippen LogP contribution in [0.1, 0.15) is 27.7 Å². The molecule has 7 heteroatoms. The summed E-state index contributed by atoms with van der Waals surface area (Å²) in [6, 6.07) is 1.49. The number of ether oxygens (including phenoxy) is 1. The highest BCUT2D eigenvalue weighted by Gasteiger charge is 2.17. The molecule has 0 aromatic carbocycles. The largest absolute Gasteiger partial charge is 0.444 e. The van der Waals surface area contributed by atoms with Crippen molar-refractivity contribution in [1.29, 1.82) is 0 Å². The van der Waals surface area contributed by atoms with Crippen molar-refractivity contribution in [1.82, 2.24) is 9.97 Å². The Morgan fingerprint density at radius 3 is 2.72 bits per heavy atom. The van der Waals surface area contributed by atoms with Gasteiger partial charge in [0.2, 0.25) is 0 Å². The topological polar surface area (TPSA) is 90.1 Å². The van der Waals surface area contributed by atoms with E-state index in [9.17, 15) is 4.79 Å². The van der Waals surface area contributed by atoms with Gasteiger partial charge >= 0.3 is 6.09 Å². The molecule has 3 N–H and O–H groups in total. The van der Waals surface area contributed by atoms with Crippen LogP contribution in [0.25, 0.3) is 0 Å². The molecule has 1 amide bonds. The third-order valence-corrected chi connectivity index (χ3v) is 2.36. The number of nitrogen functional groups attached to an aromatic ring is 1. The molecule has 0 bridgehead atoms. The Labute approximate surface area is 111 Å². The smallest absolute Gasteiger partial charge is 0.413 e. The maximum absolute atomic E-state index is 11.6. The number of amides is 1. The Balaban J connectivity index is 2.75. The van der Waals surface area contributed by atoms with Gasteiger partial charge in [0.1, 0.15) is 17.2 Å². The van der Waals surface area contributed by atoms with Crippen LogP contribution in [0, 0.1) is 0 Å². The Hall–Kier alpha value is -1.50. The van der Waals surface area contributed by atoms with Gasteiger partial charge < -0.3 is 10.5 Å². The summed E-state index contributed by atoms with van der Waals surface area (Å²) < 4.78 is 5.12. The van der Waals surface area contributed by atoms with Crippen LogP contribution < -0.4 is 11.1 Å². The number of hydrogen-bond donors (Lipinski definition) is 2. The van der Waals surface area contributed by atoms with Crippen molar-refractivity contribution < 1.29 is 9.53 Å². The minimum atomic E-state index is -0.562. The predicted molar refractivity (Wildman–Crippen MR) is 72.7 cm³/mol. The Morgan fingerprint density at radius 1 is 1.50 bits per heavy atom. The lowest BCUT2D eigenvalue weighted by molar-refractivity contribution is 0.0635. The first-order valence-electron chi connectivity index (χ1n) is 5.57. The van der Waals surface area contributed by atoms with Gasteiger partial charge in [0, 0.05) is 6.07 Å². The van der Waals surface area contributed by atoms with E-state index in [0.29, 0.717) is 16.8 Å². The summed E-state index contributed by atoms with van der Waals surface area (Å²) in [6.07, 6.45) is -0.562. The summed E-state index contributed by atoms with van der Waals surface area (Å²) in [5.74, 6) is 1.48. The van der Waals surface area contributed by atoms with Crippen LogP contribution in [-0.2, 0) is 4.74 Å². The van der Waals surface area contributed by atoms with Crippen LogP contribution >= 0.6 is 11.8 Å². The molecule has 1 aromatic heterocycles. The number of nitrogens with zero attached hydrogens (tertiary/aromatic N) is 2. The first-order chi connectivity index (χ1) is 8.30. The second kappa shape index (κ2) is 5.90. The summed E-state index contributed by atoms with van der Waals surface area (Å²) in [5, 5.41) is 3.06. The zero-order valence-corrected chi connectivity index (χ0v) is 11.8. The van der Waals surface area contributed by atoms with Gasteiger partial charge in [-0.25, -0.2) is 14.8 Å². The van der Waals surface area contributed by atoms with Crippen molar-refractivity contribution in [3.8, 4) is 0 Å². The molecule has 0 spiro atoms. The van der Waals surface area contributed by atoms with E-state index in [2.05, 4.69) is 15.3 Å². The minimum Gasteiger partial charge on any atom is -0.444 e. The van der Waals surface area contributed by atoms with Gasteiger partial charge in [0.15, 0.2) is 5.16 Å². The van der Waals surface area contributed by atoms with Gasteiger partial charge in [0.25, 0.3) is 0 Å². The lowest BCUT2D eigenvalue weighted by Gasteiger charge is -2.19. The van der Waals surface area contributed by atoms with Gasteiger partial charge in [-0.05, 0) is 26.5 Å². The highest BCUT2D eigenvalue weighted by molar-refractivity contribution is 7.99. The molecule has 1 aromatic rings. The fraction of sp³-hybridized carbons (Fsp3) is 0.545. The number of carbonyl (C=O) groups is 1. The number of aromatic nitrogens is 2. The third-order valence-electron chi connectivity index (χ3n) is 1.63. The van der Waals surface area contributed by atoms with Crippen LogP contribution in [0.5, 0.6) is 0 Å². The second-order valence-corrected chi connectivity index (χ2v) is 5.75. The molecule has 100 valence electrons. The maximum Gasteiger partial charge on any atom is 0.413 e. The van der Waals surface area contributed by atoms with E-state index < -0.39 is 11.7 Å². The molecule has 0 unspecified atom stereocenters. The monoisotopic (exact) mass is 270 g/mol. The van der Waals surface area contributed by atoms with Crippen molar-refractivity contribution in [3.05, 3.63) is 6.07 Å². The SMILES string of the molecule is CCSc1nc(N)cc(NC(=O)OC(C)(C)C)n1. The Bertz CT molecular complexity index is 432. The molecule has 0 aliphatic carbocycles. The fourth-order valence-corrected chi connectivity index (χ4v) is 1.70. The van der Waals surface area contributed by atoms with Gasteiger partial charge in [0.05, 0.1) is 0 Å². The average molecular weight is 270 g/mol. The van der Waals surface area contributed by atoms with Crippen molar-refractivity contribution in [2.75, 3.05) is 16.8 Å². The summed E-state index contributed by atoms with van der Waals surface area (Å²) >= 11 is 1.45. The van der Waals surface area contributed by atoms with E-state index in [-0.39, 0.29) is 0 Å². The zero-order valence-electron chi connectivity index (χ0n) is 11.0. The van der Waals surface area contributed by atoms with Crippen LogP contribution in [0.3, 0.4) is 0 Å². The van der Waals surface area contributed by atoms with E-state index in [1.54, 1.807) is 20.8 Å². The quantitative estimate of drug-likeness (QED) is 0.648. The van der Waals surface area contributed by atoms with Crippen LogP contribution in [0.15, 0.2) is 11.2 Å². The zero-order chi connectivity index (χ0) is 13.8. The number of rotatable bonds is 3. The molecular formula is C11H18N4O2S. The molecule has 0 radical (unpaired) electrons. The molecule has 0 fully saturated rings. The van der Waals surface area contributed by atoms with E-state index in [4.69, 9.17) is 10.5 Å². The molecule has 0 saturated carbocycles. The number of nitrogens with one attached hydrogen (secondary N) is 1. The molecule has 18 heavy (non-hydrogen) atoms. The molecule has 0 atom stereocenters. The minimum absolute atomic E-state index is 0.312. The number of carbonyl (C=O) groups excluding carboxylic acids is 1. The second-order valence-electron chi connectivity index (χ2n) is 4.52. The highest BCUT2D eigenvalue weighted by atomic mass is 32.2. The summed E-state index contributed by atoms with van der Waals surface area (Å²) in [5.41, 5.74) is 5.08. The van der Waals surface area contributed by atoms with Crippen molar-refractivity contribution in [2.24, 2.45) is 0 Å². The number of anilines is 2. The van der Waals surface area contributed by atoms with Gasteiger partial charge in [-0.3, -0.25) is 5.32 Å². The number of thioether (sulfide) groups is 1. The van der Waals surface area contributed by atoms with Crippen molar-refractivity contribution >= 4 is 29.5 Å².